The summed E-state index contributed by atoms with van der Waals surface area (Å²) in [5.41, 5.74) is 0.515. The first-order chi connectivity index (χ1) is 7.06. The van der Waals surface area contributed by atoms with E-state index in [9.17, 15) is 0 Å². The summed E-state index contributed by atoms with van der Waals surface area (Å²) in [4.78, 5) is 0. The van der Waals surface area contributed by atoms with Crippen LogP contribution in [-0.4, -0.2) is 24.1 Å². The Balaban J connectivity index is 2.24. The molecule has 0 aromatic heterocycles. The highest BCUT2D eigenvalue weighted by atomic mass is 32.2. The van der Waals surface area contributed by atoms with Gasteiger partial charge in [-0.3, -0.25) is 0 Å². The van der Waals surface area contributed by atoms with Gasteiger partial charge in [0.15, 0.2) is 0 Å². The highest BCUT2D eigenvalue weighted by Gasteiger charge is 2.31. The lowest BCUT2D eigenvalue weighted by atomic mass is 9.73. The van der Waals surface area contributed by atoms with E-state index in [0.29, 0.717) is 5.41 Å². The van der Waals surface area contributed by atoms with Gasteiger partial charge in [0.05, 0.1) is 0 Å². The number of hydrogen-bond donors (Lipinski definition) is 1. The van der Waals surface area contributed by atoms with Crippen molar-refractivity contribution in [1.82, 2.24) is 5.32 Å². The van der Waals surface area contributed by atoms with Crippen LogP contribution in [0.25, 0.3) is 0 Å². The Hall–Kier alpha value is 0.310. The quantitative estimate of drug-likeness (QED) is 0.772. The van der Waals surface area contributed by atoms with Crippen LogP contribution < -0.4 is 5.32 Å². The van der Waals surface area contributed by atoms with Gasteiger partial charge < -0.3 is 5.32 Å². The topological polar surface area (TPSA) is 12.0 Å². The molecule has 0 radical (unpaired) electrons. The van der Waals surface area contributed by atoms with E-state index in [2.05, 4.69) is 32.3 Å². The highest BCUT2D eigenvalue weighted by Crippen LogP contribution is 2.35. The van der Waals surface area contributed by atoms with E-state index in [1.165, 1.54) is 38.6 Å². The van der Waals surface area contributed by atoms with Gasteiger partial charge in [0.2, 0.25) is 0 Å². The van der Waals surface area contributed by atoms with Gasteiger partial charge in [0.1, 0.15) is 0 Å². The summed E-state index contributed by atoms with van der Waals surface area (Å²) in [6, 6.07) is 0.750. The molecular formula is C13H27NS. The lowest BCUT2D eigenvalue weighted by molar-refractivity contribution is 0.168. The lowest BCUT2D eigenvalue weighted by Gasteiger charge is -2.39. The van der Waals surface area contributed by atoms with Gasteiger partial charge in [0, 0.05) is 11.3 Å². The van der Waals surface area contributed by atoms with Crippen LogP contribution in [0.5, 0.6) is 0 Å². The van der Waals surface area contributed by atoms with Crippen LogP contribution >= 0.6 is 11.8 Å². The van der Waals surface area contributed by atoms with Crippen LogP contribution in [0.2, 0.25) is 0 Å². The van der Waals surface area contributed by atoms with Crippen LogP contribution in [0.15, 0.2) is 0 Å². The van der Waals surface area contributed by atoms with Gasteiger partial charge in [-0.25, -0.2) is 0 Å². The van der Waals surface area contributed by atoms with Crippen molar-refractivity contribution in [2.45, 2.75) is 64.2 Å². The van der Waals surface area contributed by atoms with Gasteiger partial charge in [-0.2, -0.15) is 11.8 Å². The zero-order valence-corrected chi connectivity index (χ0v) is 11.6. The zero-order valence-electron chi connectivity index (χ0n) is 10.8. The molecule has 0 aliphatic heterocycles. The number of hydrogen-bond acceptors (Lipinski definition) is 2. The van der Waals surface area contributed by atoms with Crippen molar-refractivity contribution in [2.24, 2.45) is 5.41 Å². The predicted molar refractivity (Wildman–Crippen MR) is 71.6 cm³/mol. The first kappa shape index (κ1) is 13.4. The van der Waals surface area contributed by atoms with Crippen LogP contribution in [0.1, 0.15) is 52.9 Å². The molecule has 2 atom stereocenters. The normalized spacial score (nSPS) is 27.6. The fourth-order valence-electron chi connectivity index (χ4n) is 2.45. The minimum Gasteiger partial charge on any atom is -0.313 e. The summed E-state index contributed by atoms with van der Waals surface area (Å²) in [5.74, 6) is 0. The minimum atomic E-state index is 0.515. The summed E-state index contributed by atoms with van der Waals surface area (Å²) in [6.07, 6.45) is 9.11. The third-order valence-electron chi connectivity index (χ3n) is 3.85. The van der Waals surface area contributed by atoms with Crippen molar-refractivity contribution >= 4 is 11.8 Å². The molecule has 0 saturated heterocycles. The summed E-state index contributed by atoms with van der Waals surface area (Å²) in [6.45, 7) is 8.35. The van der Waals surface area contributed by atoms with E-state index in [0.717, 1.165) is 11.3 Å². The van der Waals surface area contributed by atoms with Gasteiger partial charge in [-0.05, 0) is 37.5 Å². The molecule has 1 N–H and O–H groups in total. The fourth-order valence-corrected chi connectivity index (χ4v) is 2.80. The Bertz CT molecular complexity index is 179. The zero-order chi connectivity index (χ0) is 11.3. The van der Waals surface area contributed by atoms with E-state index in [1.54, 1.807) is 0 Å². The van der Waals surface area contributed by atoms with Gasteiger partial charge in [-0.15, -0.1) is 0 Å². The van der Waals surface area contributed by atoms with Crippen molar-refractivity contribution in [1.29, 1.82) is 0 Å². The first-order valence-corrected chi connectivity index (χ1v) is 7.61. The van der Waals surface area contributed by atoms with Crippen molar-refractivity contribution in [2.75, 3.05) is 12.8 Å². The van der Waals surface area contributed by atoms with Gasteiger partial charge in [0.25, 0.3) is 0 Å². The predicted octanol–water partition coefficient (Wildman–Crippen LogP) is 3.69. The maximum absolute atomic E-state index is 3.76. The van der Waals surface area contributed by atoms with E-state index in [-0.39, 0.29) is 0 Å². The Morgan fingerprint density at radius 2 is 2.13 bits per heavy atom. The molecule has 2 heteroatoms. The van der Waals surface area contributed by atoms with Crippen LogP contribution in [0.4, 0.5) is 0 Å². The smallest absolute Gasteiger partial charge is 0.0118 e. The molecule has 0 bridgehead atoms. The highest BCUT2D eigenvalue weighted by molar-refractivity contribution is 7.99. The molecule has 15 heavy (non-hydrogen) atoms. The summed E-state index contributed by atoms with van der Waals surface area (Å²) >= 11 is 1.97. The third-order valence-corrected chi connectivity index (χ3v) is 4.89. The summed E-state index contributed by atoms with van der Waals surface area (Å²) in [7, 11) is 0. The second kappa shape index (κ2) is 6.15. The average Bonchev–Trinajstić information content (AvgIpc) is 2.20. The summed E-state index contributed by atoms with van der Waals surface area (Å²) in [5, 5.41) is 4.56. The minimum absolute atomic E-state index is 0.515. The summed E-state index contributed by atoms with van der Waals surface area (Å²) < 4.78 is 0. The maximum Gasteiger partial charge on any atom is 0.0118 e. The Kier molecular flexibility index (Phi) is 5.48. The van der Waals surface area contributed by atoms with Crippen molar-refractivity contribution in [3.63, 3.8) is 0 Å². The molecule has 1 aliphatic carbocycles. The molecule has 0 spiro atoms. The van der Waals surface area contributed by atoms with Gasteiger partial charge >= 0.3 is 0 Å². The van der Waals surface area contributed by atoms with Crippen molar-refractivity contribution in [3.8, 4) is 0 Å². The van der Waals surface area contributed by atoms with Crippen LogP contribution in [-0.2, 0) is 0 Å². The third kappa shape index (κ3) is 4.36. The first-order valence-electron chi connectivity index (χ1n) is 6.32. The molecule has 90 valence electrons. The molecule has 2 unspecified atom stereocenters. The van der Waals surface area contributed by atoms with E-state index in [4.69, 9.17) is 0 Å². The molecule has 0 aromatic carbocycles. The molecular weight excluding hydrogens is 202 g/mol. The second-order valence-electron chi connectivity index (χ2n) is 5.58. The molecule has 1 saturated carbocycles. The monoisotopic (exact) mass is 229 g/mol. The maximum atomic E-state index is 3.76. The molecule has 1 nitrogen and oxygen atoms in total. The number of rotatable bonds is 5. The molecule has 0 heterocycles. The standard InChI is InChI=1S/C13H27NS/c1-11(15-4)8-10-14-12-7-5-6-9-13(12,2)3/h11-12,14H,5-10H2,1-4H3. The molecule has 1 fully saturated rings. The van der Waals surface area contributed by atoms with E-state index < -0.39 is 0 Å². The molecule has 1 aliphatic rings. The molecule has 1 rings (SSSR count). The van der Waals surface area contributed by atoms with E-state index in [1.807, 2.05) is 11.8 Å². The molecule has 0 aromatic rings. The van der Waals surface area contributed by atoms with Crippen LogP contribution in [0.3, 0.4) is 0 Å². The largest absolute Gasteiger partial charge is 0.313 e. The Morgan fingerprint density at radius 1 is 1.40 bits per heavy atom. The van der Waals surface area contributed by atoms with Gasteiger partial charge in [-0.1, -0.05) is 33.6 Å². The number of nitrogens with one attached hydrogen (secondary N) is 1. The lowest BCUT2D eigenvalue weighted by Crippen LogP contribution is -2.44. The fraction of sp³-hybridized carbons (Fsp3) is 1.00. The van der Waals surface area contributed by atoms with Crippen LogP contribution in [0, 0.1) is 5.41 Å². The van der Waals surface area contributed by atoms with Crippen molar-refractivity contribution in [3.05, 3.63) is 0 Å². The molecule has 0 amide bonds. The van der Waals surface area contributed by atoms with Crippen molar-refractivity contribution < 1.29 is 0 Å². The Morgan fingerprint density at radius 3 is 2.73 bits per heavy atom. The number of thioether (sulfide) groups is 1. The Labute approximate surface area is 99.8 Å². The second-order valence-corrected chi connectivity index (χ2v) is 6.85. The van der Waals surface area contributed by atoms with E-state index >= 15 is 0 Å². The average molecular weight is 229 g/mol. The SMILES string of the molecule is CSC(C)CCNC1CCCCC1(C)C.